The summed E-state index contributed by atoms with van der Waals surface area (Å²) in [6.45, 7) is 2.95. The van der Waals surface area contributed by atoms with Crippen LogP contribution in [-0.4, -0.2) is 28.5 Å². The smallest absolute Gasteiger partial charge is 0.338 e. The largest absolute Gasteiger partial charge is 0.478 e. The van der Waals surface area contributed by atoms with Crippen LogP contribution in [0.5, 0.6) is 0 Å². The second-order valence-corrected chi connectivity index (χ2v) is 5.01. The molecule has 1 aromatic carbocycles. The molecule has 0 saturated carbocycles. The molecule has 0 spiro atoms. The lowest BCUT2D eigenvalue weighted by Gasteiger charge is -2.21. The van der Waals surface area contributed by atoms with Gasteiger partial charge in [-0.3, -0.25) is 14.9 Å². The molecule has 0 unspecified atom stereocenters. The van der Waals surface area contributed by atoms with E-state index in [1.807, 2.05) is 0 Å². The molecule has 0 bridgehead atoms. The van der Waals surface area contributed by atoms with Gasteiger partial charge in [-0.1, -0.05) is 0 Å². The maximum atomic E-state index is 13.6. The molecule has 21 heavy (non-hydrogen) atoms. The third-order valence-corrected chi connectivity index (χ3v) is 2.90. The summed E-state index contributed by atoms with van der Waals surface area (Å²) >= 11 is 0. The number of primary amides is 1. The highest BCUT2D eigenvalue weighted by atomic mass is 19.1. The Hall–Kier alpha value is -2.71. The van der Waals surface area contributed by atoms with Gasteiger partial charge in [-0.2, -0.15) is 0 Å². The molecule has 1 amide bonds. The predicted molar refractivity (Wildman–Crippen MR) is 71.5 cm³/mol. The van der Waals surface area contributed by atoms with Gasteiger partial charge in [0.15, 0.2) is 0 Å². The first kappa shape index (κ1) is 16.3. The zero-order valence-corrected chi connectivity index (χ0v) is 11.3. The van der Waals surface area contributed by atoms with E-state index in [0.29, 0.717) is 12.1 Å². The lowest BCUT2D eigenvalue weighted by Crippen LogP contribution is -2.37. The normalized spacial score (nSPS) is 11.0. The van der Waals surface area contributed by atoms with Crippen molar-refractivity contribution in [2.45, 2.75) is 13.8 Å². The van der Waals surface area contributed by atoms with Gasteiger partial charge in [0.05, 0.1) is 10.3 Å². The number of nitrogens with one attached hydrogen (secondary N) is 1. The highest BCUT2D eigenvalue weighted by Crippen LogP contribution is 2.29. The van der Waals surface area contributed by atoms with Crippen molar-refractivity contribution in [1.29, 1.82) is 0 Å². The van der Waals surface area contributed by atoms with Gasteiger partial charge in [0, 0.05) is 18.7 Å². The molecule has 0 radical (unpaired) electrons. The van der Waals surface area contributed by atoms with Gasteiger partial charge in [0.25, 0.3) is 5.69 Å². The van der Waals surface area contributed by atoms with Gasteiger partial charge in [-0.25, -0.2) is 9.18 Å². The highest BCUT2D eigenvalue weighted by molar-refractivity contribution is 5.90. The van der Waals surface area contributed by atoms with E-state index < -0.39 is 39.3 Å². The minimum Gasteiger partial charge on any atom is -0.478 e. The van der Waals surface area contributed by atoms with Crippen molar-refractivity contribution in [2.24, 2.45) is 11.1 Å². The first-order valence-electron chi connectivity index (χ1n) is 5.81. The number of carbonyl (C=O) groups excluding carboxylic acids is 1. The van der Waals surface area contributed by atoms with Crippen molar-refractivity contribution in [3.8, 4) is 0 Å². The molecule has 9 heteroatoms. The van der Waals surface area contributed by atoms with Crippen molar-refractivity contribution >= 4 is 23.3 Å². The van der Waals surface area contributed by atoms with Crippen LogP contribution in [0.2, 0.25) is 0 Å². The Bertz CT molecular complexity index is 615. The minimum absolute atomic E-state index is 0.0744. The first-order valence-corrected chi connectivity index (χ1v) is 5.81. The number of carboxylic acids is 1. The zero-order chi connectivity index (χ0) is 16.4. The van der Waals surface area contributed by atoms with Crippen LogP contribution < -0.4 is 11.1 Å². The van der Waals surface area contributed by atoms with E-state index in [4.69, 9.17) is 10.8 Å². The van der Waals surface area contributed by atoms with Gasteiger partial charge < -0.3 is 16.2 Å². The van der Waals surface area contributed by atoms with E-state index in [0.717, 1.165) is 0 Å². The maximum Gasteiger partial charge on any atom is 0.338 e. The number of nitrogens with two attached hydrogens (primary N) is 1. The fourth-order valence-corrected chi connectivity index (χ4v) is 1.42. The quantitative estimate of drug-likeness (QED) is 0.536. The molecule has 114 valence electrons. The van der Waals surface area contributed by atoms with Crippen LogP contribution >= 0.6 is 0 Å². The predicted octanol–water partition coefficient (Wildman–Crippen LogP) is 1.36. The monoisotopic (exact) mass is 299 g/mol. The number of rotatable bonds is 6. The molecule has 4 N–H and O–H groups in total. The molecule has 0 saturated heterocycles. The van der Waals surface area contributed by atoms with E-state index in [2.05, 4.69) is 5.32 Å². The summed E-state index contributed by atoms with van der Waals surface area (Å²) in [5.41, 5.74) is 2.51. The second kappa shape index (κ2) is 5.73. The molecule has 0 fully saturated rings. The molecule has 0 aromatic heterocycles. The first-order chi connectivity index (χ1) is 9.56. The summed E-state index contributed by atoms with van der Waals surface area (Å²) in [6, 6.07) is 1.33. The van der Waals surface area contributed by atoms with Crippen molar-refractivity contribution in [3.63, 3.8) is 0 Å². The van der Waals surface area contributed by atoms with Crippen LogP contribution in [0, 0.1) is 21.3 Å². The van der Waals surface area contributed by atoms with Crippen LogP contribution in [-0.2, 0) is 4.79 Å². The number of hydrogen-bond donors (Lipinski definition) is 3. The second-order valence-electron chi connectivity index (χ2n) is 5.01. The van der Waals surface area contributed by atoms with E-state index in [1.54, 1.807) is 0 Å². The number of carboxylic acid groups (broad SMARTS) is 1. The summed E-state index contributed by atoms with van der Waals surface area (Å²) in [5.74, 6) is -3.37. The average molecular weight is 299 g/mol. The van der Waals surface area contributed by atoms with Crippen LogP contribution in [0.15, 0.2) is 12.1 Å². The van der Waals surface area contributed by atoms with E-state index in [-0.39, 0.29) is 12.2 Å². The number of nitrogens with zero attached hydrogens (tertiary/aromatic N) is 1. The number of amides is 1. The number of anilines is 1. The number of aromatic carboxylic acids is 1. The summed E-state index contributed by atoms with van der Waals surface area (Å²) in [6.07, 6.45) is 0. The summed E-state index contributed by atoms with van der Waals surface area (Å²) < 4.78 is 13.6. The SMILES string of the molecule is CC(C)(CNc1cc(F)c(C(=O)O)cc1[N+](=O)[O-])C(N)=O. The number of nitro groups is 1. The third kappa shape index (κ3) is 3.65. The molecule has 0 heterocycles. The van der Waals surface area contributed by atoms with Crippen LogP contribution in [0.4, 0.5) is 15.8 Å². The molecule has 0 aliphatic heterocycles. The molecule has 8 nitrogen and oxygen atoms in total. The van der Waals surface area contributed by atoms with Crippen molar-refractivity contribution < 1.29 is 24.0 Å². The Morgan fingerprint density at radius 1 is 1.48 bits per heavy atom. The Balaban J connectivity index is 3.18. The molecular weight excluding hydrogens is 285 g/mol. The fourth-order valence-electron chi connectivity index (χ4n) is 1.42. The number of hydrogen-bond acceptors (Lipinski definition) is 5. The van der Waals surface area contributed by atoms with Crippen LogP contribution in [0.3, 0.4) is 0 Å². The minimum atomic E-state index is -1.61. The van der Waals surface area contributed by atoms with Crippen molar-refractivity contribution in [3.05, 3.63) is 33.6 Å². The topological polar surface area (TPSA) is 136 Å². The van der Waals surface area contributed by atoms with E-state index in [9.17, 15) is 24.1 Å². The number of halogens is 1. The van der Waals surface area contributed by atoms with Gasteiger partial charge >= 0.3 is 5.97 Å². The van der Waals surface area contributed by atoms with E-state index in [1.165, 1.54) is 13.8 Å². The van der Waals surface area contributed by atoms with Crippen molar-refractivity contribution in [2.75, 3.05) is 11.9 Å². The summed E-state index contributed by atoms with van der Waals surface area (Å²) in [7, 11) is 0. The molecule has 0 aliphatic carbocycles. The van der Waals surface area contributed by atoms with Crippen molar-refractivity contribution in [1.82, 2.24) is 0 Å². The standard InChI is InChI=1S/C12H14FN3O5/c1-12(2,11(14)19)5-15-8-4-7(13)6(10(17)18)3-9(8)16(20)21/h3-4,15H,5H2,1-2H3,(H2,14,19)(H,17,18). The third-order valence-electron chi connectivity index (χ3n) is 2.90. The molecule has 0 aliphatic rings. The van der Waals surface area contributed by atoms with Gasteiger partial charge in [0.2, 0.25) is 5.91 Å². The van der Waals surface area contributed by atoms with Crippen LogP contribution in [0.25, 0.3) is 0 Å². The number of benzene rings is 1. The Morgan fingerprint density at radius 3 is 2.48 bits per heavy atom. The Morgan fingerprint density at radius 2 is 2.05 bits per heavy atom. The van der Waals surface area contributed by atoms with Gasteiger partial charge in [-0.05, 0) is 13.8 Å². The van der Waals surface area contributed by atoms with E-state index >= 15 is 0 Å². The maximum absolute atomic E-state index is 13.6. The Kier molecular flexibility index (Phi) is 4.46. The fraction of sp³-hybridized carbons (Fsp3) is 0.333. The average Bonchev–Trinajstić information content (AvgIpc) is 2.35. The summed E-state index contributed by atoms with van der Waals surface area (Å²) in [4.78, 5) is 32.0. The highest BCUT2D eigenvalue weighted by Gasteiger charge is 2.27. The zero-order valence-electron chi connectivity index (χ0n) is 11.3. The summed E-state index contributed by atoms with van der Waals surface area (Å²) in [5, 5.41) is 22.2. The number of nitro benzene ring substituents is 1. The van der Waals surface area contributed by atoms with Gasteiger partial charge in [0.1, 0.15) is 17.1 Å². The van der Waals surface area contributed by atoms with Gasteiger partial charge in [-0.15, -0.1) is 0 Å². The molecule has 1 aromatic rings. The number of carbonyl (C=O) groups is 2. The van der Waals surface area contributed by atoms with Crippen LogP contribution in [0.1, 0.15) is 24.2 Å². The Labute approximate surface area is 118 Å². The lowest BCUT2D eigenvalue weighted by atomic mass is 9.92. The molecular formula is C12H14FN3O5. The molecule has 0 atom stereocenters. The lowest BCUT2D eigenvalue weighted by molar-refractivity contribution is -0.384. The molecule has 1 rings (SSSR count).